The van der Waals surface area contributed by atoms with E-state index >= 15 is 0 Å². The number of non-ortho nitro benzene ring substituents is 1. The summed E-state index contributed by atoms with van der Waals surface area (Å²) >= 11 is 1.53. The Kier molecular flexibility index (Phi) is 5.31. The van der Waals surface area contributed by atoms with Crippen LogP contribution in [0.2, 0.25) is 0 Å². The normalized spacial score (nSPS) is 12.7. The second-order valence-corrected chi connectivity index (χ2v) is 7.32. The molecule has 0 fully saturated rings. The van der Waals surface area contributed by atoms with E-state index in [1.54, 1.807) is 24.5 Å². The van der Waals surface area contributed by atoms with Crippen LogP contribution >= 0.6 is 11.3 Å². The molecule has 0 saturated carbocycles. The van der Waals surface area contributed by atoms with Crippen LogP contribution in [0.15, 0.2) is 89.5 Å². The minimum Gasteiger partial charge on any atom is -0.309 e. The third kappa shape index (κ3) is 4.00. The summed E-state index contributed by atoms with van der Waals surface area (Å²) < 4.78 is 2.16. The maximum Gasteiger partial charge on any atom is 0.269 e. The highest BCUT2D eigenvalue weighted by atomic mass is 32.1. The molecule has 2 aromatic heterocycles. The Balaban J connectivity index is 1.88. The molecule has 6 nitrogen and oxygen atoms in total. The van der Waals surface area contributed by atoms with E-state index in [2.05, 4.69) is 28.6 Å². The van der Waals surface area contributed by atoms with Crippen LogP contribution in [0.25, 0.3) is 11.3 Å². The monoisotopic (exact) mass is 402 g/mol. The van der Waals surface area contributed by atoms with E-state index in [1.807, 2.05) is 35.7 Å². The molecule has 0 spiro atoms. The quantitative estimate of drug-likeness (QED) is 0.333. The summed E-state index contributed by atoms with van der Waals surface area (Å²) in [6.45, 7) is 2.12. The predicted octanol–water partition coefficient (Wildman–Crippen LogP) is 5.36. The van der Waals surface area contributed by atoms with E-state index < -0.39 is 0 Å². The fourth-order valence-corrected chi connectivity index (χ4v) is 4.15. The average molecular weight is 402 g/mol. The van der Waals surface area contributed by atoms with Gasteiger partial charge in [-0.2, -0.15) is 0 Å². The van der Waals surface area contributed by atoms with Crippen molar-refractivity contribution >= 4 is 22.7 Å². The summed E-state index contributed by atoms with van der Waals surface area (Å²) in [4.78, 5) is 20.4. The number of benzene rings is 2. The number of hydrogen-bond donors (Lipinski definition) is 0. The maximum absolute atomic E-state index is 11.0. The molecule has 4 aromatic rings. The molecule has 2 aromatic carbocycles. The molecule has 1 atom stereocenters. The van der Waals surface area contributed by atoms with E-state index in [9.17, 15) is 10.1 Å². The number of thiazole rings is 1. The lowest BCUT2D eigenvalue weighted by Crippen LogP contribution is -2.20. The van der Waals surface area contributed by atoms with Crippen LogP contribution < -0.4 is 4.80 Å². The number of nitrogens with zero attached hydrogens (tertiary/aromatic N) is 4. The Labute approximate surface area is 171 Å². The smallest absolute Gasteiger partial charge is 0.269 e. The van der Waals surface area contributed by atoms with Gasteiger partial charge in [0.2, 0.25) is 0 Å². The van der Waals surface area contributed by atoms with Crippen molar-refractivity contribution < 1.29 is 4.92 Å². The van der Waals surface area contributed by atoms with Gasteiger partial charge in [0, 0.05) is 23.7 Å². The molecule has 7 heteroatoms. The first-order valence-electron chi connectivity index (χ1n) is 9.08. The number of nitro benzene ring substituents is 1. The molecule has 0 radical (unpaired) electrons. The van der Waals surface area contributed by atoms with Crippen LogP contribution in [0.3, 0.4) is 0 Å². The average Bonchev–Trinajstić information content (AvgIpc) is 3.18. The Bertz CT molecular complexity index is 1180. The van der Waals surface area contributed by atoms with Gasteiger partial charge in [0.05, 0.1) is 28.5 Å². The van der Waals surface area contributed by atoms with Gasteiger partial charge in [-0.25, -0.2) is 4.99 Å². The summed E-state index contributed by atoms with van der Waals surface area (Å²) in [7, 11) is 0. The van der Waals surface area contributed by atoms with Gasteiger partial charge in [-0.1, -0.05) is 30.3 Å². The van der Waals surface area contributed by atoms with E-state index in [1.165, 1.54) is 23.5 Å². The van der Waals surface area contributed by atoms with Crippen LogP contribution in [0.5, 0.6) is 0 Å². The summed E-state index contributed by atoms with van der Waals surface area (Å²) in [5, 5.41) is 13.0. The highest BCUT2D eigenvalue weighted by Crippen LogP contribution is 2.28. The number of nitro groups is 1. The van der Waals surface area contributed by atoms with Gasteiger partial charge in [0.25, 0.3) is 5.69 Å². The number of pyridine rings is 1. The first-order chi connectivity index (χ1) is 14.1. The second-order valence-electron chi connectivity index (χ2n) is 6.49. The van der Waals surface area contributed by atoms with Gasteiger partial charge in [-0.3, -0.25) is 15.1 Å². The Morgan fingerprint density at radius 2 is 1.83 bits per heavy atom. The molecule has 1 unspecified atom stereocenters. The molecule has 0 aliphatic carbocycles. The predicted molar refractivity (Wildman–Crippen MR) is 114 cm³/mol. The summed E-state index contributed by atoms with van der Waals surface area (Å²) in [6.07, 6.45) is 3.44. The molecular formula is C22H18N4O2S. The van der Waals surface area contributed by atoms with Crippen LogP contribution in [-0.4, -0.2) is 14.5 Å². The topological polar surface area (TPSA) is 73.3 Å². The standard InChI is InChI=1S/C22H18N4O2S/c1-16(17-6-3-2-4-7-17)25-21(18-9-11-20(12-10-18)26(27)28)15-29-22(25)24-19-8-5-13-23-14-19/h2-16H,1H3. The van der Waals surface area contributed by atoms with Crippen LogP contribution in [0, 0.1) is 10.1 Å². The third-order valence-electron chi connectivity index (χ3n) is 4.66. The molecule has 0 aliphatic rings. The lowest BCUT2D eigenvalue weighted by atomic mass is 10.1. The third-order valence-corrected chi connectivity index (χ3v) is 5.50. The largest absolute Gasteiger partial charge is 0.309 e. The lowest BCUT2D eigenvalue weighted by Gasteiger charge is -2.18. The number of aromatic nitrogens is 2. The highest BCUT2D eigenvalue weighted by molar-refractivity contribution is 7.07. The SMILES string of the molecule is CC(c1ccccc1)n1c(-c2ccc([N+](=O)[O-])cc2)csc1=Nc1cccnc1. The second kappa shape index (κ2) is 8.20. The van der Waals surface area contributed by atoms with E-state index in [-0.39, 0.29) is 16.7 Å². The zero-order valence-electron chi connectivity index (χ0n) is 15.7. The fourth-order valence-electron chi connectivity index (χ4n) is 3.15. The number of hydrogen-bond acceptors (Lipinski definition) is 5. The Hall–Kier alpha value is -3.58. The molecule has 0 amide bonds. The minimum atomic E-state index is -0.388. The van der Waals surface area contributed by atoms with Crippen molar-refractivity contribution in [3.8, 4) is 11.3 Å². The van der Waals surface area contributed by atoms with E-state index in [0.29, 0.717) is 0 Å². The van der Waals surface area contributed by atoms with Gasteiger partial charge < -0.3 is 4.57 Å². The summed E-state index contributed by atoms with van der Waals surface area (Å²) in [5.41, 5.74) is 3.87. The van der Waals surface area contributed by atoms with Crippen molar-refractivity contribution in [1.82, 2.24) is 9.55 Å². The van der Waals surface area contributed by atoms with Gasteiger partial charge in [-0.05, 0) is 42.3 Å². The molecule has 0 N–H and O–H groups in total. The first kappa shape index (κ1) is 18.8. The summed E-state index contributed by atoms with van der Waals surface area (Å²) in [5.74, 6) is 0. The highest BCUT2D eigenvalue weighted by Gasteiger charge is 2.16. The van der Waals surface area contributed by atoms with Crippen LogP contribution in [0.4, 0.5) is 11.4 Å². The van der Waals surface area contributed by atoms with Crippen molar-refractivity contribution in [2.24, 2.45) is 4.99 Å². The number of rotatable bonds is 5. The van der Waals surface area contributed by atoms with E-state index in [4.69, 9.17) is 4.99 Å². The van der Waals surface area contributed by atoms with Gasteiger partial charge in [0.1, 0.15) is 0 Å². The molecule has 0 bridgehead atoms. The minimum absolute atomic E-state index is 0.0306. The molecule has 144 valence electrons. The zero-order valence-corrected chi connectivity index (χ0v) is 16.5. The van der Waals surface area contributed by atoms with Crippen molar-refractivity contribution in [1.29, 1.82) is 0 Å². The molecule has 0 saturated heterocycles. The molecule has 4 rings (SSSR count). The van der Waals surface area contributed by atoms with Crippen molar-refractivity contribution in [2.75, 3.05) is 0 Å². The lowest BCUT2D eigenvalue weighted by molar-refractivity contribution is -0.384. The fraction of sp³-hybridized carbons (Fsp3) is 0.0909. The van der Waals surface area contributed by atoms with Crippen LogP contribution in [0.1, 0.15) is 18.5 Å². The van der Waals surface area contributed by atoms with Crippen molar-refractivity contribution in [3.05, 3.63) is 105 Å². The maximum atomic E-state index is 11.0. The molecule has 0 aliphatic heterocycles. The van der Waals surface area contributed by atoms with Gasteiger partial charge >= 0.3 is 0 Å². The molecule has 29 heavy (non-hydrogen) atoms. The Morgan fingerprint density at radius 1 is 1.07 bits per heavy atom. The van der Waals surface area contributed by atoms with Crippen molar-refractivity contribution in [3.63, 3.8) is 0 Å². The molecule has 2 heterocycles. The van der Waals surface area contributed by atoms with E-state index in [0.717, 1.165) is 27.3 Å². The van der Waals surface area contributed by atoms with Gasteiger partial charge in [0.15, 0.2) is 4.80 Å². The first-order valence-corrected chi connectivity index (χ1v) is 9.96. The molecular weight excluding hydrogens is 384 g/mol. The van der Waals surface area contributed by atoms with Crippen LogP contribution in [-0.2, 0) is 0 Å². The van der Waals surface area contributed by atoms with Gasteiger partial charge in [-0.15, -0.1) is 11.3 Å². The summed E-state index contributed by atoms with van der Waals surface area (Å²) in [6, 6.07) is 20.6. The zero-order chi connectivity index (χ0) is 20.2. The van der Waals surface area contributed by atoms with Crippen molar-refractivity contribution in [2.45, 2.75) is 13.0 Å². The Morgan fingerprint density at radius 3 is 2.48 bits per heavy atom.